The van der Waals surface area contributed by atoms with Crippen molar-refractivity contribution in [1.29, 1.82) is 0 Å². The van der Waals surface area contributed by atoms with Crippen LogP contribution in [0, 0.1) is 6.92 Å². The quantitative estimate of drug-likeness (QED) is 0.722. The summed E-state index contributed by atoms with van der Waals surface area (Å²) in [6.07, 6.45) is 0.595. The van der Waals surface area contributed by atoms with Crippen molar-refractivity contribution in [1.82, 2.24) is 9.97 Å². The molecule has 2 atom stereocenters. The molecule has 1 aromatic heterocycles. The molecule has 0 aliphatic carbocycles. The molecule has 0 saturated heterocycles. The number of nitrogens with zero attached hydrogens (tertiary/aromatic N) is 2. The lowest BCUT2D eigenvalue weighted by Crippen LogP contribution is -2.26. The van der Waals surface area contributed by atoms with E-state index in [1.807, 2.05) is 0 Å². The molecule has 0 spiro atoms. The van der Waals surface area contributed by atoms with Crippen LogP contribution in [0.25, 0.3) is 0 Å². The fraction of sp³-hybridized carbons (Fsp3) is 0.556. The molecule has 3 N–H and O–H groups in total. The minimum absolute atomic E-state index is 0.377. The maximum atomic E-state index is 9.81. The first kappa shape index (κ1) is 10.9. The highest BCUT2D eigenvalue weighted by Gasteiger charge is 2.21. The van der Waals surface area contributed by atoms with E-state index >= 15 is 0 Å². The molecule has 5 heteroatoms. The lowest BCUT2D eigenvalue weighted by atomic mass is 10.0. The Morgan fingerprint density at radius 3 is 2.64 bits per heavy atom. The van der Waals surface area contributed by atoms with Crippen molar-refractivity contribution in [2.24, 2.45) is 5.73 Å². The van der Waals surface area contributed by atoms with E-state index in [9.17, 15) is 5.11 Å². The van der Waals surface area contributed by atoms with Gasteiger partial charge in [-0.15, -0.1) is 0 Å². The van der Waals surface area contributed by atoms with Gasteiger partial charge in [0.1, 0.15) is 12.4 Å². The van der Waals surface area contributed by atoms with Crippen molar-refractivity contribution in [2.45, 2.75) is 26.0 Å². The summed E-state index contributed by atoms with van der Waals surface area (Å²) in [5, 5.41) is 9.81. The minimum Gasteiger partial charge on any atom is -0.481 e. The fourth-order valence-corrected chi connectivity index (χ4v) is 1.23. The normalized spacial score (nSPS) is 14.9. The number of hydrogen-bond donors (Lipinski definition) is 2. The number of ether oxygens (including phenoxy) is 1. The van der Waals surface area contributed by atoms with Crippen molar-refractivity contribution in [2.75, 3.05) is 7.11 Å². The molecule has 2 unspecified atom stereocenters. The van der Waals surface area contributed by atoms with Gasteiger partial charge in [-0.05, 0) is 13.8 Å². The number of hydrogen-bond acceptors (Lipinski definition) is 5. The van der Waals surface area contributed by atoms with Crippen LogP contribution in [0.2, 0.25) is 0 Å². The second kappa shape index (κ2) is 4.34. The second-order valence-electron chi connectivity index (χ2n) is 3.19. The lowest BCUT2D eigenvalue weighted by Gasteiger charge is -2.18. The van der Waals surface area contributed by atoms with Crippen LogP contribution in [-0.4, -0.2) is 28.2 Å². The molecule has 78 valence electrons. The van der Waals surface area contributed by atoms with Crippen LogP contribution in [-0.2, 0) is 0 Å². The first-order chi connectivity index (χ1) is 6.57. The molecule has 1 heterocycles. The van der Waals surface area contributed by atoms with Crippen molar-refractivity contribution in [3.8, 4) is 5.88 Å². The Labute approximate surface area is 82.9 Å². The van der Waals surface area contributed by atoms with E-state index < -0.39 is 6.10 Å². The maximum absolute atomic E-state index is 9.81. The highest BCUT2D eigenvalue weighted by molar-refractivity contribution is 5.32. The zero-order chi connectivity index (χ0) is 10.7. The largest absolute Gasteiger partial charge is 0.481 e. The Kier molecular flexibility index (Phi) is 3.38. The summed E-state index contributed by atoms with van der Waals surface area (Å²) in [5.74, 6) is 0.377. The topological polar surface area (TPSA) is 81.3 Å². The summed E-state index contributed by atoms with van der Waals surface area (Å²) >= 11 is 0. The van der Waals surface area contributed by atoms with Crippen molar-refractivity contribution >= 4 is 0 Å². The fourth-order valence-electron chi connectivity index (χ4n) is 1.23. The van der Waals surface area contributed by atoms with Gasteiger partial charge in [0.25, 0.3) is 0 Å². The molecule has 0 fully saturated rings. The highest BCUT2D eigenvalue weighted by Crippen LogP contribution is 2.26. The van der Waals surface area contributed by atoms with Crippen LogP contribution in [0.1, 0.15) is 24.3 Å². The Morgan fingerprint density at radius 2 is 2.14 bits per heavy atom. The van der Waals surface area contributed by atoms with E-state index in [1.165, 1.54) is 13.4 Å². The standard InChI is InChI=1S/C9H15N3O2/c1-5(10)8(13)7-6(2)11-4-12-9(7)14-3/h4-5,8,13H,10H2,1-3H3. The molecule has 0 aromatic carbocycles. The molecular weight excluding hydrogens is 182 g/mol. The highest BCUT2D eigenvalue weighted by atomic mass is 16.5. The van der Waals surface area contributed by atoms with Gasteiger partial charge < -0.3 is 15.6 Å². The second-order valence-corrected chi connectivity index (χ2v) is 3.19. The SMILES string of the molecule is COc1ncnc(C)c1C(O)C(C)N. The van der Waals surface area contributed by atoms with Crippen LogP contribution in [0.5, 0.6) is 5.88 Å². The van der Waals surface area contributed by atoms with Gasteiger partial charge in [-0.1, -0.05) is 0 Å². The molecule has 0 saturated carbocycles. The summed E-state index contributed by atoms with van der Waals surface area (Å²) < 4.78 is 5.03. The van der Waals surface area contributed by atoms with Crippen molar-refractivity contribution < 1.29 is 9.84 Å². The van der Waals surface area contributed by atoms with Crippen LogP contribution in [0.15, 0.2) is 6.33 Å². The average molecular weight is 197 g/mol. The Morgan fingerprint density at radius 1 is 1.50 bits per heavy atom. The predicted molar refractivity (Wildman–Crippen MR) is 51.9 cm³/mol. The summed E-state index contributed by atoms with van der Waals surface area (Å²) in [4.78, 5) is 7.90. The van der Waals surface area contributed by atoms with Crippen LogP contribution in [0.4, 0.5) is 0 Å². The zero-order valence-corrected chi connectivity index (χ0v) is 8.56. The Bertz CT molecular complexity index is 315. The predicted octanol–water partition coefficient (Wildman–Crippen LogP) is 0.174. The summed E-state index contributed by atoms with van der Waals surface area (Å²) in [6.45, 7) is 3.50. The molecule has 1 aromatic rings. The van der Waals surface area contributed by atoms with Crippen LogP contribution in [0.3, 0.4) is 0 Å². The summed E-state index contributed by atoms with van der Waals surface area (Å²) in [7, 11) is 1.50. The molecule has 1 rings (SSSR count). The van der Waals surface area contributed by atoms with Gasteiger partial charge in [0.2, 0.25) is 5.88 Å². The van der Waals surface area contributed by atoms with E-state index in [0.29, 0.717) is 17.1 Å². The molecule has 0 aliphatic heterocycles. The van der Waals surface area contributed by atoms with Gasteiger partial charge in [-0.25, -0.2) is 9.97 Å². The summed E-state index contributed by atoms with van der Waals surface area (Å²) in [6, 6.07) is -0.381. The molecule has 5 nitrogen and oxygen atoms in total. The number of aromatic nitrogens is 2. The van der Waals surface area contributed by atoms with Crippen LogP contribution >= 0.6 is 0 Å². The van der Waals surface area contributed by atoms with E-state index in [2.05, 4.69) is 9.97 Å². The molecule has 0 radical (unpaired) electrons. The van der Waals surface area contributed by atoms with Gasteiger partial charge in [0.05, 0.1) is 18.4 Å². The Balaban J connectivity index is 3.16. The molecule has 14 heavy (non-hydrogen) atoms. The van der Waals surface area contributed by atoms with E-state index in [0.717, 1.165) is 0 Å². The van der Waals surface area contributed by atoms with E-state index in [-0.39, 0.29) is 6.04 Å². The van der Waals surface area contributed by atoms with E-state index in [1.54, 1.807) is 13.8 Å². The smallest absolute Gasteiger partial charge is 0.222 e. The molecular formula is C9H15N3O2. The maximum Gasteiger partial charge on any atom is 0.222 e. The lowest BCUT2D eigenvalue weighted by molar-refractivity contribution is 0.147. The number of methoxy groups -OCH3 is 1. The number of aliphatic hydroxyl groups excluding tert-OH is 1. The third-order valence-corrected chi connectivity index (χ3v) is 2.03. The molecule has 0 amide bonds. The molecule has 0 aliphatic rings. The van der Waals surface area contributed by atoms with E-state index in [4.69, 9.17) is 10.5 Å². The van der Waals surface area contributed by atoms with Crippen molar-refractivity contribution in [3.63, 3.8) is 0 Å². The van der Waals surface area contributed by atoms with Gasteiger partial charge in [0, 0.05) is 6.04 Å². The number of rotatable bonds is 3. The van der Waals surface area contributed by atoms with Crippen LogP contribution < -0.4 is 10.5 Å². The average Bonchev–Trinajstić information content (AvgIpc) is 2.16. The monoisotopic (exact) mass is 197 g/mol. The number of aryl methyl sites for hydroxylation is 1. The minimum atomic E-state index is -0.800. The number of nitrogens with two attached hydrogens (primary N) is 1. The number of aliphatic hydroxyl groups is 1. The molecule has 0 bridgehead atoms. The summed E-state index contributed by atoms with van der Waals surface area (Å²) in [5.41, 5.74) is 6.84. The Hall–Kier alpha value is -1.20. The first-order valence-corrected chi connectivity index (χ1v) is 4.37. The third kappa shape index (κ3) is 2.00. The van der Waals surface area contributed by atoms with Gasteiger partial charge >= 0.3 is 0 Å². The van der Waals surface area contributed by atoms with Gasteiger partial charge in [-0.2, -0.15) is 0 Å². The first-order valence-electron chi connectivity index (χ1n) is 4.37. The third-order valence-electron chi connectivity index (χ3n) is 2.03. The van der Waals surface area contributed by atoms with Gasteiger partial charge in [0.15, 0.2) is 0 Å². The zero-order valence-electron chi connectivity index (χ0n) is 8.56. The van der Waals surface area contributed by atoms with Gasteiger partial charge in [-0.3, -0.25) is 0 Å². The van der Waals surface area contributed by atoms with Crippen molar-refractivity contribution in [3.05, 3.63) is 17.6 Å².